The second-order valence-corrected chi connectivity index (χ2v) is 15.1. The molecule has 0 atom stereocenters. The maximum Gasteiger partial charge on any atom is 0.416 e. The standard InChI is InChI=1S/C31H39F3N8O3S/c1-29(6-4-7-29)37-17-20-12-22-23(24(13-20)31(32,33)34)18-42(28(22)43)26-15-21(14-25(39-26)36-10-11-46(44,45)35-2)30(8-5-9-30)16-27-40-38-19-41(27)3/h12-15,19,35,37H,4-11,16-18H2,1-3H3,(H,36,39). The van der Waals surface area contributed by atoms with Gasteiger partial charge < -0.3 is 15.2 Å². The van der Waals surface area contributed by atoms with E-state index >= 15 is 0 Å². The molecule has 0 bridgehead atoms. The maximum absolute atomic E-state index is 14.4. The van der Waals surface area contributed by atoms with Crippen LogP contribution in [0.4, 0.5) is 24.8 Å². The largest absolute Gasteiger partial charge is 0.416 e. The summed E-state index contributed by atoms with van der Waals surface area (Å²) < 4.78 is 71.4. The number of fused-ring (bicyclic) bond motifs is 1. The van der Waals surface area contributed by atoms with Crippen molar-refractivity contribution >= 4 is 27.6 Å². The molecule has 46 heavy (non-hydrogen) atoms. The summed E-state index contributed by atoms with van der Waals surface area (Å²) in [5.74, 6) is 0.553. The predicted octanol–water partition coefficient (Wildman–Crippen LogP) is 4.05. The van der Waals surface area contributed by atoms with Crippen molar-refractivity contribution in [2.45, 2.75) is 82.1 Å². The number of carbonyl (C=O) groups excluding carboxylic acids is 1. The van der Waals surface area contributed by atoms with Gasteiger partial charge in [0, 0.05) is 43.1 Å². The third-order valence-corrected chi connectivity index (χ3v) is 11.2. The molecule has 11 nitrogen and oxygen atoms in total. The molecule has 1 aliphatic heterocycles. The van der Waals surface area contributed by atoms with E-state index in [9.17, 15) is 26.4 Å². The Bertz CT molecular complexity index is 1750. The second kappa shape index (κ2) is 11.9. The van der Waals surface area contributed by atoms with Crippen LogP contribution in [0.25, 0.3) is 0 Å². The van der Waals surface area contributed by atoms with Crippen molar-refractivity contribution in [2.75, 3.05) is 29.6 Å². The van der Waals surface area contributed by atoms with E-state index in [1.54, 1.807) is 18.5 Å². The van der Waals surface area contributed by atoms with E-state index in [1.807, 2.05) is 17.7 Å². The van der Waals surface area contributed by atoms with Crippen LogP contribution in [-0.2, 0) is 48.2 Å². The van der Waals surface area contributed by atoms with Crippen LogP contribution in [0, 0.1) is 0 Å². The second-order valence-electron chi connectivity index (χ2n) is 13.0. The van der Waals surface area contributed by atoms with Crippen LogP contribution in [0.3, 0.4) is 0 Å². The van der Waals surface area contributed by atoms with E-state index in [2.05, 4.69) is 37.5 Å². The highest BCUT2D eigenvalue weighted by Gasteiger charge is 2.43. The molecule has 1 aromatic carbocycles. The van der Waals surface area contributed by atoms with E-state index < -0.39 is 27.7 Å². The van der Waals surface area contributed by atoms with E-state index in [1.165, 1.54) is 11.9 Å². The number of aryl methyl sites for hydroxylation is 1. The number of hydrogen-bond donors (Lipinski definition) is 3. The molecule has 2 aromatic heterocycles. The van der Waals surface area contributed by atoms with Gasteiger partial charge in [-0.25, -0.2) is 18.1 Å². The Morgan fingerprint density at radius 1 is 1.07 bits per heavy atom. The molecule has 2 saturated carbocycles. The highest BCUT2D eigenvalue weighted by molar-refractivity contribution is 7.89. The summed E-state index contributed by atoms with van der Waals surface area (Å²) in [5.41, 5.74) is -0.0859. The molecule has 3 aromatic rings. The fourth-order valence-electron chi connectivity index (χ4n) is 6.62. The summed E-state index contributed by atoms with van der Waals surface area (Å²) in [6.45, 7) is 2.03. The molecule has 1 amide bonds. The number of halogens is 3. The lowest BCUT2D eigenvalue weighted by atomic mass is 9.62. The quantitative estimate of drug-likeness (QED) is 0.265. The summed E-state index contributed by atoms with van der Waals surface area (Å²) in [7, 11) is -0.303. The van der Waals surface area contributed by atoms with E-state index in [0.717, 1.165) is 56.0 Å². The Labute approximate surface area is 266 Å². The smallest absolute Gasteiger partial charge is 0.369 e. The minimum atomic E-state index is -4.65. The fraction of sp³-hybridized carbons (Fsp3) is 0.548. The Morgan fingerprint density at radius 2 is 1.80 bits per heavy atom. The summed E-state index contributed by atoms with van der Waals surface area (Å²) in [6, 6.07) is 6.33. The van der Waals surface area contributed by atoms with Gasteiger partial charge in [-0.15, -0.1) is 10.2 Å². The van der Waals surface area contributed by atoms with Gasteiger partial charge in [-0.1, -0.05) is 6.42 Å². The number of sulfonamides is 1. The monoisotopic (exact) mass is 660 g/mol. The first-order valence-corrected chi connectivity index (χ1v) is 17.2. The Morgan fingerprint density at radius 3 is 2.39 bits per heavy atom. The number of alkyl halides is 3. The van der Waals surface area contributed by atoms with Crippen molar-refractivity contribution in [1.82, 2.24) is 29.8 Å². The zero-order valence-corrected chi connectivity index (χ0v) is 27.0. The summed E-state index contributed by atoms with van der Waals surface area (Å²) in [4.78, 5) is 19.8. The van der Waals surface area contributed by atoms with Crippen molar-refractivity contribution in [3.63, 3.8) is 0 Å². The average molecular weight is 661 g/mol. The molecule has 248 valence electrons. The molecule has 2 fully saturated rings. The predicted molar refractivity (Wildman–Crippen MR) is 167 cm³/mol. The lowest BCUT2D eigenvalue weighted by Gasteiger charge is -2.42. The molecule has 3 heterocycles. The molecule has 15 heteroatoms. The van der Waals surface area contributed by atoms with Gasteiger partial charge in [0.25, 0.3) is 5.91 Å². The molecule has 3 N–H and O–H groups in total. The first-order chi connectivity index (χ1) is 21.7. The highest BCUT2D eigenvalue weighted by Crippen LogP contribution is 2.48. The Balaban J connectivity index is 1.36. The van der Waals surface area contributed by atoms with E-state index in [0.29, 0.717) is 17.8 Å². The minimum absolute atomic E-state index is 0.0182. The number of anilines is 2. The van der Waals surface area contributed by atoms with Gasteiger partial charge in [-0.2, -0.15) is 13.2 Å². The molecule has 0 unspecified atom stereocenters. The molecule has 0 spiro atoms. The van der Waals surface area contributed by atoms with E-state index in [4.69, 9.17) is 0 Å². The van der Waals surface area contributed by atoms with Crippen LogP contribution in [0.1, 0.15) is 83.9 Å². The number of carbonyl (C=O) groups is 1. The zero-order chi connectivity index (χ0) is 32.9. The van der Waals surface area contributed by atoms with Crippen LogP contribution >= 0.6 is 0 Å². The van der Waals surface area contributed by atoms with Gasteiger partial charge in [-0.3, -0.25) is 9.69 Å². The van der Waals surface area contributed by atoms with Crippen LogP contribution in [0.5, 0.6) is 0 Å². The molecular formula is C31H39F3N8O3S. The average Bonchev–Trinajstić information content (AvgIpc) is 3.53. The number of benzene rings is 1. The number of nitrogens with zero attached hydrogens (tertiary/aromatic N) is 5. The number of amides is 1. The zero-order valence-electron chi connectivity index (χ0n) is 26.2. The van der Waals surface area contributed by atoms with Crippen LogP contribution < -0.4 is 20.3 Å². The molecule has 0 saturated heterocycles. The van der Waals surface area contributed by atoms with Crippen molar-refractivity contribution < 1.29 is 26.4 Å². The first-order valence-electron chi connectivity index (χ1n) is 15.5. The SMILES string of the molecule is CNS(=O)(=O)CCNc1cc(C2(Cc3nncn3C)CCC2)cc(N2Cc3c(cc(CNC4(C)CCC4)cc3C(F)(F)F)C2=O)n1. The number of nitrogens with one attached hydrogen (secondary N) is 3. The lowest BCUT2D eigenvalue weighted by Crippen LogP contribution is -2.47. The van der Waals surface area contributed by atoms with Gasteiger partial charge in [0.15, 0.2) is 0 Å². The van der Waals surface area contributed by atoms with Gasteiger partial charge in [0.1, 0.15) is 23.8 Å². The third kappa shape index (κ3) is 6.36. The lowest BCUT2D eigenvalue weighted by molar-refractivity contribution is -0.138. The third-order valence-electron chi connectivity index (χ3n) is 9.88. The van der Waals surface area contributed by atoms with Crippen molar-refractivity contribution in [3.05, 3.63) is 64.2 Å². The minimum Gasteiger partial charge on any atom is -0.369 e. The van der Waals surface area contributed by atoms with E-state index in [-0.39, 0.29) is 53.3 Å². The number of rotatable bonds is 12. The topological polar surface area (TPSA) is 134 Å². The summed E-state index contributed by atoms with van der Waals surface area (Å²) in [5, 5.41) is 14.7. The number of pyridine rings is 1. The number of hydrogen-bond acceptors (Lipinski definition) is 8. The van der Waals surface area contributed by atoms with Crippen LogP contribution in [0.15, 0.2) is 30.6 Å². The van der Waals surface area contributed by atoms with Gasteiger partial charge in [-0.05, 0) is 87.0 Å². The van der Waals surface area contributed by atoms with Crippen LogP contribution in [0.2, 0.25) is 0 Å². The van der Waals surface area contributed by atoms with Gasteiger partial charge in [0.2, 0.25) is 10.0 Å². The fourth-order valence-corrected chi connectivity index (χ4v) is 7.19. The van der Waals surface area contributed by atoms with Crippen molar-refractivity contribution in [3.8, 4) is 0 Å². The molecular weight excluding hydrogens is 621 g/mol. The van der Waals surface area contributed by atoms with Gasteiger partial charge in [0.05, 0.1) is 17.9 Å². The summed E-state index contributed by atoms with van der Waals surface area (Å²) >= 11 is 0. The first kappa shape index (κ1) is 32.4. The van der Waals surface area contributed by atoms with Crippen LogP contribution in [-0.4, -0.2) is 59.0 Å². The molecule has 0 radical (unpaired) electrons. The van der Waals surface area contributed by atoms with Crippen molar-refractivity contribution in [1.29, 1.82) is 0 Å². The molecule has 3 aliphatic rings. The molecule has 6 rings (SSSR count). The van der Waals surface area contributed by atoms with Crippen molar-refractivity contribution in [2.24, 2.45) is 7.05 Å². The maximum atomic E-state index is 14.4. The number of aromatic nitrogens is 4. The Hall–Kier alpha value is -3.56. The van der Waals surface area contributed by atoms with Gasteiger partial charge >= 0.3 is 6.18 Å². The normalized spacial score (nSPS) is 18.7. The molecule has 2 aliphatic carbocycles. The Kier molecular flexibility index (Phi) is 8.38. The summed E-state index contributed by atoms with van der Waals surface area (Å²) in [6.07, 6.45) is 3.16. The highest BCUT2D eigenvalue weighted by atomic mass is 32.2.